The third-order valence-corrected chi connectivity index (χ3v) is 2.68. The minimum atomic E-state index is -0.349. The number of nitrogens with one attached hydrogen (secondary N) is 1. The highest BCUT2D eigenvalue weighted by molar-refractivity contribution is 5.78. The monoisotopic (exact) mass is 235 g/mol. The van der Waals surface area contributed by atoms with Crippen LogP contribution in [0.5, 0.6) is 0 Å². The van der Waals surface area contributed by atoms with Crippen molar-refractivity contribution in [2.75, 3.05) is 18.5 Å². The molecule has 1 aromatic carbocycles. The molecule has 0 spiro atoms. The van der Waals surface area contributed by atoms with Crippen molar-refractivity contribution >= 4 is 11.7 Å². The molecule has 1 aromatic rings. The predicted octanol–water partition coefficient (Wildman–Crippen LogP) is 1.82. The lowest BCUT2D eigenvalue weighted by molar-refractivity contribution is -0.149. The lowest BCUT2D eigenvalue weighted by atomic mass is 10.2. The summed E-state index contributed by atoms with van der Waals surface area (Å²) in [6.45, 7) is 2.99. The summed E-state index contributed by atoms with van der Waals surface area (Å²) < 4.78 is 10.5. The van der Waals surface area contributed by atoms with Gasteiger partial charge in [0.2, 0.25) is 0 Å². The van der Waals surface area contributed by atoms with Gasteiger partial charge in [-0.1, -0.05) is 18.2 Å². The number of benzene rings is 1. The molecular formula is C13H17NO3. The number of carbonyl (C=O) groups is 1. The second kappa shape index (κ2) is 5.68. The fourth-order valence-electron chi connectivity index (χ4n) is 1.72. The smallest absolute Gasteiger partial charge is 0.328 e. The molecule has 2 rings (SSSR count). The summed E-state index contributed by atoms with van der Waals surface area (Å²) in [4.78, 5) is 11.8. The van der Waals surface area contributed by atoms with Crippen molar-refractivity contribution in [1.29, 1.82) is 0 Å². The van der Waals surface area contributed by atoms with E-state index in [-0.39, 0.29) is 18.1 Å². The Morgan fingerprint density at radius 1 is 1.47 bits per heavy atom. The predicted molar refractivity (Wildman–Crippen MR) is 64.8 cm³/mol. The van der Waals surface area contributed by atoms with Gasteiger partial charge >= 0.3 is 5.97 Å². The Morgan fingerprint density at radius 2 is 2.24 bits per heavy atom. The van der Waals surface area contributed by atoms with E-state index < -0.39 is 0 Å². The van der Waals surface area contributed by atoms with Crippen LogP contribution in [-0.2, 0) is 14.3 Å². The molecule has 1 aliphatic rings. The van der Waals surface area contributed by atoms with E-state index in [0.717, 1.165) is 12.1 Å². The summed E-state index contributed by atoms with van der Waals surface area (Å²) in [5.41, 5.74) is 0.916. The minimum Gasteiger partial charge on any atom is -0.458 e. The minimum absolute atomic E-state index is 0.0810. The molecule has 0 radical (unpaired) electrons. The summed E-state index contributed by atoms with van der Waals surface area (Å²) in [6.07, 6.45) is 0.714. The second-order valence-electron chi connectivity index (χ2n) is 4.15. The number of anilines is 1. The molecule has 17 heavy (non-hydrogen) atoms. The van der Waals surface area contributed by atoms with Crippen LogP contribution in [0.3, 0.4) is 0 Å². The van der Waals surface area contributed by atoms with Crippen LogP contribution in [0, 0.1) is 0 Å². The summed E-state index contributed by atoms with van der Waals surface area (Å²) in [5.74, 6) is -0.232. The Labute approximate surface area is 101 Å². The van der Waals surface area contributed by atoms with Gasteiger partial charge in [0.25, 0.3) is 0 Å². The van der Waals surface area contributed by atoms with E-state index in [0.29, 0.717) is 13.2 Å². The van der Waals surface area contributed by atoms with Gasteiger partial charge in [0, 0.05) is 12.1 Å². The van der Waals surface area contributed by atoms with Crippen molar-refractivity contribution < 1.29 is 14.3 Å². The van der Waals surface area contributed by atoms with E-state index in [1.165, 1.54) is 0 Å². The third kappa shape index (κ3) is 3.46. The van der Waals surface area contributed by atoms with Crippen LogP contribution in [0.2, 0.25) is 0 Å². The average Bonchev–Trinajstić information content (AvgIpc) is 2.83. The Balaban J connectivity index is 1.82. The first-order valence-electron chi connectivity index (χ1n) is 5.85. The van der Waals surface area contributed by atoms with Gasteiger partial charge in [-0.3, -0.25) is 0 Å². The van der Waals surface area contributed by atoms with E-state index in [1.54, 1.807) is 6.92 Å². The molecule has 1 fully saturated rings. The number of rotatable bonds is 4. The maximum Gasteiger partial charge on any atom is 0.328 e. The molecule has 92 valence electrons. The topological polar surface area (TPSA) is 47.6 Å². The summed E-state index contributed by atoms with van der Waals surface area (Å²) in [7, 11) is 0. The van der Waals surface area contributed by atoms with E-state index in [4.69, 9.17) is 9.47 Å². The molecule has 4 nitrogen and oxygen atoms in total. The van der Waals surface area contributed by atoms with Crippen molar-refractivity contribution in [3.05, 3.63) is 30.3 Å². The van der Waals surface area contributed by atoms with Gasteiger partial charge in [-0.2, -0.15) is 0 Å². The zero-order valence-corrected chi connectivity index (χ0v) is 9.89. The van der Waals surface area contributed by atoms with Crippen LogP contribution >= 0.6 is 0 Å². The first-order chi connectivity index (χ1) is 8.25. The van der Waals surface area contributed by atoms with Crippen LogP contribution in [0.1, 0.15) is 13.3 Å². The molecule has 1 N–H and O–H groups in total. The van der Waals surface area contributed by atoms with E-state index in [9.17, 15) is 4.79 Å². The molecule has 1 saturated heterocycles. The molecule has 0 aromatic heterocycles. The zero-order chi connectivity index (χ0) is 12.1. The maximum absolute atomic E-state index is 11.8. The van der Waals surface area contributed by atoms with Crippen LogP contribution in [0.15, 0.2) is 30.3 Å². The lowest BCUT2D eigenvalue weighted by Crippen LogP contribution is -2.31. The van der Waals surface area contributed by atoms with E-state index in [1.807, 2.05) is 30.3 Å². The van der Waals surface area contributed by atoms with Gasteiger partial charge in [0.05, 0.1) is 13.2 Å². The van der Waals surface area contributed by atoms with Crippen LogP contribution < -0.4 is 5.32 Å². The molecular weight excluding hydrogens is 218 g/mol. The van der Waals surface area contributed by atoms with Gasteiger partial charge in [-0.05, 0) is 19.1 Å². The zero-order valence-electron chi connectivity index (χ0n) is 9.89. The molecule has 2 atom stereocenters. The van der Waals surface area contributed by atoms with Crippen molar-refractivity contribution in [3.8, 4) is 0 Å². The van der Waals surface area contributed by atoms with Crippen LogP contribution in [-0.4, -0.2) is 31.3 Å². The Bertz CT molecular complexity index is 360. The van der Waals surface area contributed by atoms with Crippen molar-refractivity contribution in [1.82, 2.24) is 0 Å². The Morgan fingerprint density at radius 3 is 2.88 bits per heavy atom. The van der Waals surface area contributed by atoms with Crippen molar-refractivity contribution in [3.63, 3.8) is 0 Å². The van der Waals surface area contributed by atoms with Gasteiger partial charge < -0.3 is 14.8 Å². The number of hydrogen-bond donors (Lipinski definition) is 1. The van der Waals surface area contributed by atoms with Crippen LogP contribution in [0.4, 0.5) is 5.69 Å². The number of ether oxygens (including phenoxy) is 2. The molecule has 4 heteroatoms. The molecule has 0 aliphatic carbocycles. The highest BCUT2D eigenvalue weighted by atomic mass is 16.6. The fourth-order valence-corrected chi connectivity index (χ4v) is 1.72. The van der Waals surface area contributed by atoms with Gasteiger partial charge in [-0.15, -0.1) is 0 Å². The fraction of sp³-hybridized carbons (Fsp3) is 0.462. The summed E-state index contributed by atoms with van der Waals surface area (Å²) in [6, 6.07) is 9.27. The standard InChI is InChI=1S/C13H17NO3/c1-10(14-11-5-3-2-4-6-11)13(15)17-12-7-8-16-9-12/h2-6,10,12,14H,7-9H2,1H3/t10-,12-/m0/s1. The van der Waals surface area contributed by atoms with E-state index in [2.05, 4.69) is 5.32 Å². The number of para-hydroxylation sites is 1. The first-order valence-corrected chi connectivity index (χ1v) is 5.85. The summed E-state index contributed by atoms with van der Waals surface area (Å²) >= 11 is 0. The number of esters is 1. The highest BCUT2D eigenvalue weighted by Gasteiger charge is 2.23. The van der Waals surface area contributed by atoms with Gasteiger partial charge in [0.15, 0.2) is 0 Å². The maximum atomic E-state index is 11.8. The largest absolute Gasteiger partial charge is 0.458 e. The normalized spacial score (nSPS) is 20.9. The second-order valence-corrected chi connectivity index (χ2v) is 4.15. The number of hydrogen-bond acceptors (Lipinski definition) is 4. The van der Waals surface area contributed by atoms with Gasteiger partial charge in [0.1, 0.15) is 12.1 Å². The molecule has 1 aliphatic heterocycles. The van der Waals surface area contributed by atoms with Gasteiger partial charge in [-0.25, -0.2) is 4.79 Å². The SMILES string of the molecule is C[C@H](Nc1ccccc1)C(=O)O[C@H]1CCOC1. The average molecular weight is 235 g/mol. The molecule has 1 heterocycles. The van der Waals surface area contributed by atoms with Crippen LogP contribution in [0.25, 0.3) is 0 Å². The molecule has 0 bridgehead atoms. The Hall–Kier alpha value is -1.55. The number of carbonyl (C=O) groups excluding carboxylic acids is 1. The van der Waals surface area contributed by atoms with Crippen molar-refractivity contribution in [2.45, 2.75) is 25.5 Å². The molecule has 0 saturated carbocycles. The quantitative estimate of drug-likeness (QED) is 0.809. The lowest BCUT2D eigenvalue weighted by Gasteiger charge is -2.17. The van der Waals surface area contributed by atoms with Crippen molar-refractivity contribution in [2.24, 2.45) is 0 Å². The highest BCUT2D eigenvalue weighted by Crippen LogP contribution is 2.11. The first kappa shape index (κ1) is 11.9. The third-order valence-electron chi connectivity index (χ3n) is 2.68. The Kier molecular flexibility index (Phi) is 3.98. The summed E-state index contributed by atoms with van der Waals surface area (Å²) in [5, 5.41) is 3.10. The van der Waals surface area contributed by atoms with E-state index >= 15 is 0 Å². The molecule has 0 amide bonds. The molecule has 0 unspecified atom stereocenters.